The SMILES string of the molecule is CN1[C@@H]2CC[C@H]1CN(c1ccccc1C(N)=O)C2. The quantitative estimate of drug-likeness (QED) is 0.848. The van der Waals surface area contributed by atoms with Crippen molar-refractivity contribution in [1.29, 1.82) is 0 Å². The van der Waals surface area contributed by atoms with Crippen molar-refractivity contribution in [3.8, 4) is 0 Å². The molecule has 0 aromatic heterocycles. The molecule has 1 aromatic carbocycles. The molecule has 0 radical (unpaired) electrons. The second kappa shape index (κ2) is 4.28. The molecule has 2 bridgehead atoms. The molecular formula is C14H19N3O. The maximum atomic E-state index is 11.5. The predicted octanol–water partition coefficient (Wildman–Crippen LogP) is 1.07. The lowest BCUT2D eigenvalue weighted by Crippen LogP contribution is -2.52. The van der Waals surface area contributed by atoms with Crippen molar-refractivity contribution < 1.29 is 4.79 Å². The number of anilines is 1. The normalized spacial score (nSPS) is 27.5. The second-order valence-corrected chi connectivity index (χ2v) is 5.34. The van der Waals surface area contributed by atoms with E-state index in [1.807, 2.05) is 24.3 Å². The summed E-state index contributed by atoms with van der Waals surface area (Å²) in [4.78, 5) is 16.3. The van der Waals surface area contributed by atoms with Gasteiger partial charge in [0.25, 0.3) is 5.91 Å². The summed E-state index contributed by atoms with van der Waals surface area (Å²) in [7, 11) is 2.21. The van der Waals surface area contributed by atoms with Crippen molar-refractivity contribution in [2.24, 2.45) is 5.73 Å². The predicted molar refractivity (Wildman–Crippen MR) is 71.7 cm³/mol. The molecule has 96 valence electrons. The highest BCUT2D eigenvalue weighted by molar-refractivity contribution is 5.98. The van der Waals surface area contributed by atoms with Crippen molar-refractivity contribution in [1.82, 2.24) is 4.90 Å². The second-order valence-electron chi connectivity index (χ2n) is 5.34. The molecule has 2 atom stereocenters. The fourth-order valence-electron chi connectivity index (χ4n) is 3.27. The van der Waals surface area contributed by atoms with Gasteiger partial charge in [0.15, 0.2) is 0 Å². The van der Waals surface area contributed by atoms with E-state index >= 15 is 0 Å². The first-order valence-electron chi connectivity index (χ1n) is 6.52. The molecule has 1 aromatic rings. The number of hydrogen-bond donors (Lipinski definition) is 1. The molecule has 2 saturated heterocycles. The summed E-state index contributed by atoms with van der Waals surface area (Å²) >= 11 is 0. The van der Waals surface area contributed by atoms with Gasteiger partial charge in [-0.25, -0.2) is 0 Å². The fourth-order valence-corrected chi connectivity index (χ4v) is 3.27. The minimum absolute atomic E-state index is 0.336. The number of primary amides is 1. The Bertz CT molecular complexity index is 460. The first kappa shape index (κ1) is 11.5. The number of nitrogens with zero attached hydrogens (tertiary/aromatic N) is 2. The summed E-state index contributed by atoms with van der Waals surface area (Å²) in [6.07, 6.45) is 2.52. The Morgan fingerprint density at radius 2 is 1.83 bits per heavy atom. The lowest BCUT2D eigenvalue weighted by atomic mass is 10.1. The van der Waals surface area contributed by atoms with E-state index in [0.29, 0.717) is 17.6 Å². The van der Waals surface area contributed by atoms with Crippen LogP contribution in [0.5, 0.6) is 0 Å². The van der Waals surface area contributed by atoms with Gasteiger partial charge in [0.2, 0.25) is 0 Å². The molecule has 2 N–H and O–H groups in total. The average molecular weight is 245 g/mol. The average Bonchev–Trinajstić information content (AvgIpc) is 2.61. The molecule has 4 heteroatoms. The number of piperazine rings is 1. The van der Waals surface area contributed by atoms with Gasteiger partial charge < -0.3 is 10.6 Å². The summed E-state index contributed by atoms with van der Waals surface area (Å²) in [6.45, 7) is 1.99. The highest BCUT2D eigenvalue weighted by Gasteiger charge is 2.38. The third-order valence-corrected chi connectivity index (χ3v) is 4.36. The molecule has 2 fully saturated rings. The van der Waals surface area contributed by atoms with E-state index in [4.69, 9.17) is 5.73 Å². The molecule has 2 heterocycles. The number of nitrogens with two attached hydrogens (primary N) is 1. The van der Waals surface area contributed by atoms with Gasteiger partial charge in [-0.1, -0.05) is 12.1 Å². The first-order valence-corrected chi connectivity index (χ1v) is 6.52. The van der Waals surface area contributed by atoms with Crippen molar-refractivity contribution in [3.63, 3.8) is 0 Å². The lowest BCUT2D eigenvalue weighted by Gasteiger charge is -2.40. The minimum atomic E-state index is -0.336. The lowest BCUT2D eigenvalue weighted by molar-refractivity contribution is 0.100. The number of likely N-dealkylation sites (N-methyl/N-ethyl adjacent to an activating group) is 1. The van der Waals surface area contributed by atoms with E-state index in [0.717, 1.165) is 18.8 Å². The number of amides is 1. The Balaban J connectivity index is 1.90. The van der Waals surface area contributed by atoms with Gasteiger partial charge in [-0.15, -0.1) is 0 Å². The number of hydrogen-bond acceptors (Lipinski definition) is 3. The Morgan fingerprint density at radius 1 is 1.22 bits per heavy atom. The first-order chi connectivity index (χ1) is 8.66. The van der Waals surface area contributed by atoms with Crippen molar-refractivity contribution in [2.45, 2.75) is 24.9 Å². The highest BCUT2D eigenvalue weighted by Crippen LogP contribution is 2.32. The van der Waals surface area contributed by atoms with Gasteiger partial charge in [-0.2, -0.15) is 0 Å². The third kappa shape index (κ3) is 1.77. The zero-order valence-electron chi connectivity index (χ0n) is 10.7. The molecular weight excluding hydrogens is 226 g/mol. The largest absolute Gasteiger partial charge is 0.368 e. The Kier molecular flexibility index (Phi) is 2.74. The third-order valence-electron chi connectivity index (χ3n) is 4.36. The Hall–Kier alpha value is -1.55. The summed E-state index contributed by atoms with van der Waals surface area (Å²) in [6, 6.07) is 8.90. The van der Waals surface area contributed by atoms with Crippen LogP contribution in [-0.2, 0) is 0 Å². The van der Waals surface area contributed by atoms with Crippen molar-refractivity contribution in [2.75, 3.05) is 25.0 Å². The number of benzene rings is 1. The van der Waals surface area contributed by atoms with Crippen LogP contribution in [-0.4, -0.2) is 43.0 Å². The van der Waals surface area contributed by atoms with Crippen LogP contribution >= 0.6 is 0 Å². The van der Waals surface area contributed by atoms with Crippen LogP contribution in [0, 0.1) is 0 Å². The van der Waals surface area contributed by atoms with Crippen LogP contribution in [0.4, 0.5) is 5.69 Å². The fraction of sp³-hybridized carbons (Fsp3) is 0.500. The topological polar surface area (TPSA) is 49.6 Å². The van der Waals surface area contributed by atoms with Gasteiger partial charge in [-0.3, -0.25) is 9.69 Å². The van der Waals surface area contributed by atoms with Crippen LogP contribution in [0.25, 0.3) is 0 Å². The molecule has 2 aliphatic heterocycles. The van der Waals surface area contributed by atoms with E-state index in [2.05, 4.69) is 16.8 Å². The van der Waals surface area contributed by atoms with Crippen LogP contribution < -0.4 is 10.6 Å². The van der Waals surface area contributed by atoms with Crippen molar-refractivity contribution in [3.05, 3.63) is 29.8 Å². The number of rotatable bonds is 2. The van der Waals surface area contributed by atoms with Gasteiger partial charge in [0.05, 0.1) is 5.56 Å². The summed E-state index contributed by atoms with van der Waals surface area (Å²) in [5.74, 6) is -0.336. The molecule has 0 saturated carbocycles. The molecule has 0 unspecified atom stereocenters. The van der Waals surface area contributed by atoms with Gasteiger partial charge in [-0.05, 0) is 32.0 Å². The molecule has 4 nitrogen and oxygen atoms in total. The zero-order valence-corrected chi connectivity index (χ0v) is 10.7. The number of para-hydroxylation sites is 1. The summed E-state index contributed by atoms with van der Waals surface area (Å²) < 4.78 is 0. The van der Waals surface area contributed by atoms with Gasteiger partial charge in [0.1, 0.15) is 0 Å². The van der Waals surface area contributed by atoms with Crippen LogP contribution in [0.15, 0.2) is 24.3 Å². The highest BCUT2D eigenvalue weighted by atomic mass is 16.1. The Labute approximate surface area is 107 Å². The maximum Gasteiger partial charge on any atom is 0.250 e. The van der Waals surface area contributed by atoms with Crippen molar-refractivity contribution >= 4 is 11.6 Å². The molecule has 2 aliphatic rings. The molecule has 0 aliphatic carbocycles. The monoisotopic (exact) mass is 245 g/mol. The standard InChI is InChI=1S/C14H19N3O/c1-16-10-6-7-11(16)9-17(8-10)13-5-3-2-4-12(13)14(15)18/h2-5,10-11H,6-9H2,1H3,(H2,15,18)/t10-,11+. The van der Waals surface area contributed by atoms with E-state index in [1.165, 1.54) is 12.8 Å². The number of fused-ring (bicyclic) bond motifs is 2. The Morgan fingerprint density at radius 3 is 2.44 bits per heavy atom. The molecule has 3 rings (SSSR count). The van der Waals surface area contributed by atoms with Gasteiger partial charge in [0, 0.05) is 30.9 Å². The number of carbonyl (C=O) groups is 1. The smallest absolute Gasteiger partial charge is 0.250 e. The van der Waals surface area contributed by atoms with Gasteiger partial charge >= 0.3 is 0 Å². The zero-order chi connectivity index (χ0) is 12.7. The van der Waals surface area contributed by atoms with Crippen LogP contribution in [0.2, 0.25) is 0 Å². The summed E-state index contributed by atoms with van der Waals surface area (Å²) in [5, 5.41) is 0. The number of carbonyl (C=O) groups excluding carboxylic acids is 1. The van der Waals surface area contributed by atoms with E-state index in [1.54, 1.807) is 0 Å². The maximum absolute atomic E-state index is 11.5. The molecule has 18 heavy (non-hydrogen) atoms. The van der Waals surface area contributed by atoms with E-state index in [-0.39, 0.29) is 5.91 Å². The van der Waals surface area contributed by atoms with Crippen LogP contribution in [0.3, 0.4) is 0 Å². The summed E-state index contributed by atoms with van der Waals surface area (Å²) in [5.41, 5.74) is 7.09. The molecule has 0 spiro atoms. The van der Waals surface area contributed by atoms with E-state index < -0.39 is 0 Å². The minimum Gasteiger partial charge on any atom is -0.368 e. The van der Waals surface area contributed by atoms with E-state index in [9.17, 15) is 4.79 Å². The van der Waals surface area contributed by atoms with Crippen LogP contribution in [0.1, 0.15) is 23.2 Å². The molecule has 1 amide bonds.